The second-order valence-electron chi connectivity index (χ2n) is 7.17. The molecule has 1 aromatic carbocycles. The molecule has 1 amide bonds. The molecule has 1 N–H and O–H groups in total. The zero-order chi connectivity index (χ0) is 18.1. The molecule has 2 fully saturated rings. The van der Waals surface area contributed by atoms with Gasteiger partial charge in [-0.3, -0.25) is 9.69 Å². The first-order valence-electron chi connectivity index (χ1n) is 9.16. The Morgan fingerprint density at radius 2 is 1.88 bits per heavy atom. The van der Waals surface area contributed by atoms with Crippen LogP contribution in [0.3, 0.4) is 0 Å². The summed E-state index contributed by atoms with van der Waals surface area (Å²) in [6.07, 6.45) is 2.39. The Morgan fingerprint density at radius 1 is 1.12 bits per heavy atom. The van der Waals surface area contributed by atoms with Crippen LogP contribution in [-0.4, -0.2) is 69.1 Å². The highest BCUT2D eigenvalue weighted by molar-refractivity contribution is 7.91. The van der Waals surface area contributed by atoms with Crippen molar-refractivity contribution in [1.29, 1.82) is 0 Å². The number of nitrogens with one attached hydrogen (secondary N) is 1. The monoisotopic (exact) mass is 380 g/mol. The molecule has 4 rings (SSSR count). The van der Waals surface area contributed by atoms with E-state index in [1.807, 2.05) is 0 Å². The minimum atomic E-state index is -2.86. The van der Waals surface area contributed by atoms with Crippen molar-refractivity contribution in [3.63, 3.8) is 0 Å². The number of amides is 1. The smallest absolute Gasteiger partial charge is 0.255 e. The van der Waals surface area contributed by atoms with E-state index in [1.165, 1.54) is 0 Å². The van der Waals surface area contributed by atoms with Crippen LogP contribution in [0, 0.1) is 0 Å². The van der Waals surface area contributed by atoms with Crippen molar-refractivity contribution in [3.05, 3.63) is 23.8 Å². The average Bonchev–Trinajstić information content (AvgIpc) is 3.01. The first kappa shape index (κ1) is 17.6. The van der Waals surface area contributed by atoms with Crippen LogP contribution in [0.4, 0.5) is 0 Å². The van der Waals surface area contributed by atoms with Crippen LogP contribution in [0.25, 0.3) is 0 Å². The average molecular weight is 380 g/mol. The van der Waals surface area contributed by atoms with Gasteiger partial charge in [-0.1, -0.05) is 6.07 Å². The summed E-state index contributed by atoms with van der Waals surface area (Å²) in [6, 6.07) is 5.59. The molecule has 8 heteroatoms. The lowest BCUT2D eigenvalue weighted by molar-refractivity contribution is 0.0887. The molecule has 0 unspecified atom stereocenters. The standard InChI is InChI=1S/C18H24N2O5S/c21-18(15-2-1-3-16-17(15)25-10-9-24-16)19-13-4-7-20(8-5-13)14-6-11-26(22,23)12-14/h1-3,13-14H,4-12H2,(H,19,21)/t14-/m1/s1. The number of fused-ring (bicyclic) bond motifs is 1. The lowest BCUT2D eigenvalue weighted by Gasteiger charge is -2.35. The summed E-state index contributed by atoms with van der Waals surface area (Å²) in [5.74, 6) is 1.56. The number of para-hydroxylation sites is 1. The van der Waals surface area contributed by atoms with Gasteiger partial charge in [-0.05, 0) is 31.4 Å². The molecule has 0 aliphatic carbocycles. The van der Waals surface area contributed by atoms with E-state index in [0.717, 1.165) is 32.4 Å². The summed E-state index contributed by atoms with van der Waals surface area (Å²) in [4.78, 5) is 14.9. The van der Waals surface area contributed by atoms with Gasteiger partial charge in [-0.25, -0.2) is 8.42 Å². The highest BCUT2D eigenvalue weighted by atomic mass is 32.2. The molecule has 3 aliphatic rings. The quantitative estimate of drug-likeness (QED) is 0.837. The molecule has 1 aromatic rings. The van der Waals surface area contributed by atoms with Crippen molar-refractivity contribution >= 4 is 15.7 Å². The fraction of sp³-hybridized carbons (Fsp3) is 0.611. The number of ether oxygens (including phenoxy) is 2. The van der Waals surface area contributed by atoms with Crippen LogP contribution in [0.5, 0.6) is 11.5 Å². The molecule has 7 nitrogen and oxygen atoms in total. The second-order valence-corrected chi connectivity index (χ2v) is 9.40. The third-order valence-corrected chi connectivity index (χ3v) is 7.15. The third kappa shape index (κ3) is 3.66. The molecular formula is C18H24N2O5S. The first-order chi connectivity index (χ1) is 12.5. The second kappa shape index (κ2) is 7.08. The summed E-state index contributed by atoms with van der Waals surface area (Å²) in [5.41, 5.74) is 0.506. The maximum Gasteiger partial charge on any atom is 0.255 e. The van der Waals surface area contributed by atoms with Gasteiger partial charge in [0.25, 0.3) is 5.91 Å². The summed E-state index contributed by atoms with van der Waals surface area (Å²) < 4.78 is 34.5. The van der Waals surface area contributed by atoms with Crippen LogP contribution in [0.2, 0.25) is 0 Å². The Kier molecular flexibility index (Phi) is 4.79. The summed E-state index contributed by atoms with van der Waals surface area (Å²) in [5, 5.41) is 3.09. The lowest BCUT2D eigenvalue weighted by Crippen LogP contribution is -2.48. The summed E-state index contributed by atoms with van der Waals surface area (Å²) in [6.45, 7) is 2.57. The highest BCUT2D eigenvalue weighted by Crippen LogP contribution is 2.33. The minimum Gasteiger partial charge on any atom is -0.486 e. The summed E-state index contributed by atoms with van der Waals surface area (Å²) >= 11 is 0. The molecule has 0 saturated carbocycles. The van der Waals surface area contributed by atoms with E-state index in [2.05, 4.69) is 10.2 Å². The Labute approximate surface area is 153 Å². The van der Waals surface area contributed by atoms with Gasteiger partial charge in [-0.2, -0.15) is 0 Å². The Bertz CT molecular complexity index is 787. The largest absolute Gasteiger partial charge is 0.486 e. The van der Waals surface area contributed by atoms with Crippen molar-refractivity contribution in [2.24, 2.45) is 0 Å². The Morgan fingerprint density at radius 3 is 2.62 bits per heavy atom. The van der Waals surface area contributed by atoms with E-state index in [4.69, 9.17) is 9.47 Å². The number of sulfone groups is 1. The van der Waals surface area contributed by atoms with Crippen molar-refractivity contribution in [2.45, 2.75) is 31.3 Å². The third-order valence-electron chi connectivity index (χ3n) is 5.40. The van der Waals surface area contributed by atoms with Crippen LogP contribution >= 0.6 is 0 Å². The molecule has 0 spiro atoms. The predicted octanol–water partition coefficient (Wildman–Crippen LogP) is 0.839. The fourth-order valence-corrected chi connectivity index (χ4v) is 5.75. The van der Waals surface area contributed by atoms with Gasteiger partial charge >= 0.3 is 0 Å². The first-order valence-corrected chi connectivity index (χ1v) is 11.0. The molecule has 3 aliphatic heterocycles. The van der Waals surface area contributed by atoms with Crippen molar-refractivity contribution in [3.8, 4) is 11.5 Å². The molecule has 142 valence electrons. The van der Waals surface area contributed by atoms with E-state index >= 15 is 0 Å². The summed E-state index contributed by atoms with van der Waals surface area (Å²) in [7, 11) is -2.86. The zero-order valence-corrected chi connectivity index (χ0v) is 15.5. The van der Waals surface area contributed by atoms with Gasteiger partial charge in [0.05, 0.1) is 17.1 Å². The molecule has 0 radical (unpaired) electrons. The van der Waals surface area contributed by atoms with E-state index < -0.39 is 9.84 Å². The Hall–Kier alpha value is -1.80. The van der Waals surface area contributed by atoms with Crippen molar-refractivity contribution in [1.82, 2.24) is 10.2 Å². The number of carbonyl (C=O) groups is 1. The van der Waals surface area contributed by atoms with E-state index in [9.17, 15) is 13.2 Å². The highest BCUT2D eigenvalue weighted by Gasteiger charge is 2.34. The fourth-order valence-electron chi connectivity index (χ4n) is 3.99. The zero-order valence-electron chi connectivity index (χ0n) is 14.6. The van der Waals surface area contributed by atoms with E-state index in [-0.39, 0.29) is 23.7 Å². The number of piperidine rings is 1. The molecular weight excluding hydrogens is 356 g/mol. The molecule has 1 atom stereocenters. The van der Waals surface area contributed by atoms with Gasteiger partial charge in [0, 0.05) is 25.2 Å². The topological polar surface area (TPSA) is 84.9 Å². The van der Waals surface area contributed by atoms with Crippen LogP contribution < -0.4 is 14.8 Å². The maximum absolute atomic E-state index is 12.7. The van der Waals surface area contributed by atoms with Gasteiger partial charge in [-0.15, -0.1) is 0 Å². The number of nitrogens with zero attached hydrogens (tertiary/aromatic N) is 1. The van der Waals surface area contributed by atoms with Crippen LogP contribution in [0.1, 0.15) is 29.6 Å². The number of carbonyl (C=O) groups excluding carboxylic acids is 1. The minimum absolute atomic E-state index is 0.0946. The van der Waals surface area contributed by atoms with Crippen molar-refractivity contribution < 1.29 is 22.7 Å². The van der Waals surface area contributed by atoms with Gasteiger partial charge in [0.1, 0.15) is 13.2 Å². The Balaban J connectivity index is 1.34. The van der Waals surface area contributed by atoms with Gasteiger partial charge in [0.15, 0.2) is 21.3 Å². The molecule has 0 bridgehead atoms. The van der Waals surface area contributed by atoms with Gasteiger partial charge in [0.2, 0.25) is 0 Å². The maximum atomic E-state index is 12.7. The number of hydrogen-bond donors (Lipinski definition) is 1. The van der Waals surface area contributed by atoms with Gasteiger partial charge < -0.3 is 14.8 Å². The normalized spacial score (nSPS) is 25.8. The predicted molar refractivity (Wildman–Crippen MR) is 96.6 cm³/mol. The molecule has 3 heterocycles. The van der Waals surface area contributed by atoms with Crippen molar-refractivity contribution in [2.75, 3.05) is 37.8 Å². The number of benzene rings is 1. The number of rotatable bonds is 3. The molecule has 26 heavy (non-hydrogen) atoms. The van der Waals surface area contributed by atoms with Crippen LogP contribution in [-0.2, 0) is 9.84 Å². The van der Waals surface area contributed by atoms with E-state index in [1.54, 1.807) is 18.2 Å². The van der Waals surface area contributed by atoms with E-state index in [0.29, 0.717) is 36.0 Å². The molecule has 2 saturated heterocycles. The number of hydrogen-bond acceptors (Lipinski definition) is 6. The van der Waals surface area contributed by atoms with Crippen LogP contribution in [0.15, 0.2) is 18.2 Å². The SMILES string of the molecule is O=C(NC1CCN([C@@H]2CCS(=O)(=O)C2)CC1)c1cccc2c1OCCO2. The molecule has 0 aromatic heterocycles. The lowest BCUT2D eigenvalue weighted by atomic mass is 10.0. The number of likely N-dealkylation sites (tertiary alicyclic amines) is 1.